The molecule has 5 rings (SSSR count). The molecule has 0 aromatic heterocycles. The van der Waals surface area contributed by atoms with E-state index in [-0.39, 0.29) is 6.17 Å². The van der Waals surface area contributed by atoms with Gasteiger partial charge in [-0.2, -0.15) is 0 Å². The Morgan fingerprint density at radius 2 is 1.74 bits per heavy atom. The van der Waals surface area contributed by atoms with Crippen LogP contribution >= 0.6 is 0 Å². The Morgan fingerprint density at radius 3 is 2.52 bits per heavy atom. The van der Waals surface area contributed by atoms with E-state index in [1.807, 2.05) is 6.07 Å². The molecule has 1 atom stereocenters. The summed E-state index contributed by atoms with van der Waals surface area (Å²) < 4.78 is 0. The lowest BCUT2D eigenvalue weighted by Crippen LogP contribution is -2.37. The highest BCUT2D eigenvalue weighted by Gasteiger charge is 2.38. The number of benzene rings is 2. The second-order valence-corrected chi connectivity index (χ2v) is 6.51. The summed E-state index contributed by atoms with van der Waals surface area (Å²) in [5, 5.41) is 10.6. The lowest BCUT2D eigenvalue weighted by Gasteiger charge is -2.36. The molecule has 1 aliphatic carbocycles. The van der Waals surface area contributed by atoms with Crippen LogP contribution in [0.4, 0.5) is 5.69 Å². The van der Waals surface area contributed by atoms with Crippen molar-refractivity contribution in [2.45, 2.75) is 19.0 Å². The molecule has 1 unspecified atom stereocenters. The van der Waals surface area contributed by atoms with Crippen molar-refractivity contribution in [2.24, 2.45) is 0 Å². The van der Waals surface area contributed by atoms with Crippen LogP contribution in [0.2, 0.25) is 0 Å². The van der Waals surface area contributed by atoms with E-state index in [0.717, 1.165) is 11.3 Å². The van der Waals surface area contributed by atoms with Crippen LogP contribution in [0.1, 0.15) is 18.4 Å². The topological polar surface area (TPSA) is 26.7 Å². The van der Waals surface area contributed by atoms with E-state index in [4.69, 9.17) is 0 Å². The van der Waals surface area contributed by atoms with Crippen LogP contribution in [0, 0.1) is 0 Å². The van der Waals surface area contributed by atoms with Crippen molar-refractivity contribution in [1.29, 1.82) is 0 Å². The predicted octanol–water partition coefficient (Wildman–Crippen LogP) is 4.17. The third-order valence-corrected chi connectivity index (χ3v) is 4.94. The Balaban J connectivity index is 1.80. The number of hydrogen-bond acceptors (Lipinski definition) is 3. The number of fused-ring (bicyclic) bond motifs is 6. The zero-order chi connectivity index (χ0) is 15.6. The summed E-state index contributed by atoms with van der Waals surface area (Å²) in [4.78, 5) is 4.51. The summed E-state index contributed by atoms with van der Waals surface area (Å²) in [6.07, 6.45) is 7.09. The molecule has 0 bridgehead atoms. The van der Waals surface area contributed by atoms with Crippen LogP contribution in [0.5, 0.6) is 5.75 Å². The lowest BCUT2D eigenvalue weighted by molar-refractivity contribution is 0.411. The number of nitrogens with zero attached hydrogens (tertiary/aromatic N) is 2. The minimum atomic E-state index is 0.142. The van der Waals surface area contributed by atoms with Crippen molar-refractivity contribution >= 4 is 11.4 Å². The smallest absolute Gasteiger partial charge is 0.139 e. The average molecular weight is 302 g/mol. The molecule has 0 spiro atoms. The van der Waals surface area contributed by atoms with E-state index in [1.165, 1.54) is 35.2 Å². The van der Waals surface area contributed by atoms with Crippen molar-refractivity contribution in [3.63, 3.8) is 0 Å². The molecule has 114 valence electrons. The Kier molecular flexibility index (Phi) is 2.46. The fourth-order valence-corrected chi connectivity index (χ4v) is 3.69. The summed E-state index contributed by atoms with van der Waals surface area (Å²) >= 11 is 0. The molecule has 2 heterocycles. The van der Waals surface area contributed by atoms with Gasteiger partial charge in [0.2, 0.25) is 0 Å². The van der Waals surface area contributed by atoms with E-state index in [9.17, 15) is 5.11 Å². The normalized spacial score (nSPS) is 20.7. The molecule has 0 radical (unpaired) electrons. The van der Waals surface area contributed by atoms with Gasteiger partial charge in [0, 0.05) is 24.4 Å². The highest BCUT2D eigenvalue weighted by atomic mass is 16.3. The Hall–Kier alpha value is -2.68. The summed E-state index contributed by atoms with van der Waals surface area (Å²) in [5.74, 6) is 0.345. The summed E-state index contributed by atoms with van der Waals surface area (Å²) in [7, 11) is 2.11. The molecule has 2 aromatic carbocycles. The number of rotatable bonds is 1. The molecule has 3 heteroatoms. The third kappa shape index (κ3) is 1.76. The minimum Gasteiger partial charge on any atom is -0.506 e. The van der Waals surface area contributed by atoms with Crippen molar-refractivity contribution in [3.05, 3.63) is 65.9 Å². The van der Waals surface area contributed by atoms with Crippen molar-refractivity contribution in [3.8, 4) is 16.9 Å². The van der Waals surface area contributed by atoms with Gasteiger partial charge >= 0.3 is 0 Å². The van der Waals surface area contributed by atoms with Crippen LogP contribution in [0.25, 0.3) is 16.8 Å². The highest BCUT2D eigenvalue weighted by Crippen LogP contribution is 2.51. The summed E-state index contributed by atoms with van der Waals surface area (Å²) in [6.45, 7) is 0. The first-order valence-corrected chi connectivity index (χ1v) is 8.08. The van der Waals surface area contributed by atoms with E-state index >= 15 is 0 Å². The highest BCUT2D eigenvalue weighted by molar-refractivity contribution is 6.02. The van der Waals surface area contributed by atoms with Gasteiger partial charge in [-0.05, 0) is 30.5 Å². The predicted molar refractivity (Wildman–Crippen MR) is 92.9 cm³/mol. The molecule has 3 aliphatic rings. The number of hydrogen-bond donors (Lipinski definition) is 1. The number of para-hydroxylation sites is 1. The number of anilines is 1. The Bertz CT molecular complexity index is 875. The molecular weight excluding hydrogens is 284 g/mol. The maximum Gasteiger partial charge on any atom is 0.139 e. The number of phenolic OH excluding ortho intramolecular Hbond substituents is 1. The maximum absolute atomic E-state index is 10.6. The van der Waals surface area contributed by atoms with Gasteiger partial charge in [0.05, 0.1) is 11.4 Å². The summed E-state index contributed by atoms with van der Waals surface area (Å²) in [6, 6.07) is 14.3. The quantitative estimate of drug-likeness (QED) is 0.801. The van der Waals surface area contributed by atoms with Crippen LogP contribution < -0.4 is 4.90 Å². The first kappa shape index (κ1) is 12.8. The number of phenols is 1. The largest absolute Gasteiger partial charge is 0.506 e. The standard InChI is InChI=1S/C20H18N2O/c1-21-12-17-15-6-3-2-5-14(15)16-7-4-8-18(23)20(16)22(17)19(21)11-13-9-10-13/h2-8,11-12,19,23H,9-10H2,1H3. The van der Waals surface area contributed by atoms with E-state index in [0.29, 0.717) is 5.75 Å². The zero-order valence-electron chi connectivity index (χ0n) is 13.0. The Morgan fingerprint density at radius 1 is 1.00 bits per heavy atom. The van der Waals surface area contributed by atoms with E-state index < -0.39 is 0 Å². The molecule has 0 amide bonds. The molecule has 3 nitrogen and oxygen atoms in total. The zero-order valence-corrected chi connectivity index (χ0v) is 13.0. The molecule has 0 saturated heterocycles. The number of allylic oxidation sites excluding steroid dienone is 1. The second-order valence-electron chi connectivity index (χ2n) is 6.51. The van der Waals surface area contributed by atoms with Gasteiger partial charge in [-0.15, -0.1) is 0 Å². The Labute approximate surface area is 135 Å². The van der Waals surface area contributed by atoms with Gasteiger partial charge < -0.3 is 14.9 Å². The van der Waals surface area contributed by atoms with Gasteiger partial charge in [0.1, 0.15) is 11.9 Å². The van der Waals surface area contributed by atoms with Crippen molar-refractivity contribution in [1.82, 2.24) is 4.90 Å². The SMILES string of the molecule is CN1C=C2c3ccccc3-c3cccc(O)c3N2C1C=C1CC1. The number of likely N-dealkylation sites (N-methyl/N-ethyl adjacent to an activating group) is 1. The van der Waals surface area contributed by atoms with Crippen LogP contribution in [0.3, 0.4) is 0 Å². The average Bonchev–Trinajstić information content (AvgIpc) is 3.32. The first-order chi connectivity index (χ1) is 11.2. The van der Waals surface area contributed by atoms with E-state index in [2.05, 4.69) is 59.5 Å². The first-order valence-electron chi connectivity index (χ1n) is 8.08. The summed E-state index contributed by atoms with van der Waals surface area (Å²) in [5.41, 5.74) is 7.12. The van der Waals surface area contributed by atoms with Gasteiger partial charge in [0.25, 0.3) is 0 Å². The maximum atomic E-state index is 10.6. The second kappa shape index (κ2) is 4.42. The van der Waals surface area contributed by atoms with Gasteiger partial charge in [-0.1, -0.05) is 42.0 Å². The molecule has 2 aliphatic heterocycles. The van der Waals surface area contributed by atoms with Crippen molar-refractivity contribution in [2.75, 3.05) is 11.9 Å². The molecule has 2 aromatic rings. The van der Waals surface area contributed by atoms with E-state index in [1.54, 1.807) is 6.07 Å². The molecule has 1 saturated carbocycles. The van der Waals surface area contributed by atoms with Gasteiger partial charge in [0.15, 0.2) is 0 Å². The number of aromatic hydroxyl groups is 1. The van der Waals surface area contributed by atoms with Crippen LogP contribution in [0.15, 0.2) is 60.3 Å². The van der Waals surface area contributed by atoms with Crippen LogP contribution in [-0.4, -0.2) is 23.2 Å². The molecule has 1 N–H and O–H groups in total. The van der Waals surface area contributed by atoms with Crippen LogP contribution in [-0.2, 0) is 0 Å². The monoisotopic (exact) mass is 302 g/mol. The lowest BCUT2D eigenvalue weighted by atomic mass is 9.91. The minimum absolute atomic E-state index is 0.142. The molecule has 1 fully saturated rings. The van der Waals surface area contributed by atoms with Gasteiger partial charge in [-0.25, -0.2) is 0 Å². The van der Waals surface area contributed by atoms with Crippen molar-refractivity contribution < 1.29 is 5.11 Å². The third-order valence-electron chi connectivity index (χ3n) is 4.94. The van der Waals surface area contributed by atoms with Gasteiger partial charge in [-0.3, -0.25) is 0 Å². The fraction of sp³-hybridized carbons (Fsp3) is 0.200. The molecule has 23 heavy (non-hydrogen) atoms. The molecular formula is C20H18N2O. The fourth-order valence-electron chi connectivity index (χ4n) is 3.69.